The van der Waals surface area contributed by atoms with Crippen LogP contribution in [0.1, 0.15) is 35.0 Å². The van der Waals surface area contributed by atoms with Gasteiger partial charge in [0.2, 0.25) is 0 Å². The minimum absolute atomic E-state index is 0.138. The molecule has 0 aliphatic carbocycles. The number of halogens is 6. The number of nitrogens with zero attached hydrogens (tertiary/aromatic N) is 1. The Balaban J connectivity index is 3.49. The highest BCUT2D eigenvalue weighted by atomic mass is 127. The second kappa shape index (κ2) is 5.97. The van der Waals surface area contributed by atoms with E-state index in [2.05, 4.69) is 9.72 Å². The summed E-state index contributed by atoms with van der Waals surface area (Å²) in [4.78, 5) is 14.5. The highest BCUT2D eigenvalue weighted by Gasteiger charge is 2.38. The van der Waals surface area contributed by atoms with Gasteiger partial charge in [-0.15, -0.1) is 0 Å². The fourth-order valence-corrected chi connectivity index (χ4v) is 2.25. The lowest BCUT2D eigenvalue weighted by atomic mass is 10.1. The number of carbonyl (C=O) groups excluding carboxylic acids is 1. The lowest BCUT2D eigenvalue weighted by Crippen LogP contribution is -2.18. The third kappa shape index (κ3) is 3.51. The molecule has 1 rings (SSSR count). The smallest absolute Gasteiger partial charge is 0.434 e. The quantitative estimate of drug-likeness (QED) is 0.444. The molecule has 9 heteroatoms. The molecule has 1 aromatic rings. The van der Waals surface area contributed by atoms with Crippen molar-refractivity contribution < 1.29 is 31.5 Å². The van der Waals surface area contributed by atoms with E-state index < -0.39 is 39.0 Å². The maximum Gasteiger partial charge on any atom is 0.434 e. The fourth-order valence-electron chi connectivity index (χ4n) is 1.27. The summed E-state index contributed by atoms with van der Waals surface area (Å²) in [5.74, 6) is -1.23. The van der Waals surface area contributed by atoms with Crippen LogP contribution in [0.15, 0.2) is 6.20 Å². The van der Waals surface area contributed by atoms with E-state index in [1.165, 1.54) is 6.92 Å². The third-order valence-electron chi connectivity index (χ3n) is 2.03. The molecule has 0 aromatic carbocycles. The van der Waals surface area contributed by atoms with Crippen LogP contribution in [-0.4, -0.2) is 17.6 Å². The van der Waals surface area contributed by atoms with Crippen LogP contribution in [0, 0.1) is 3.57 Å². The SMILES string of the molecule is CCOC(=O)c1c(C(F)F)cnc(C(F)(F)F)c1I. The molecule has 0 radical (unpaired) electrons. The van der Waals surface area contributed by atoms with Crippen molar-refractivity contribution in [2.75, 3.05) is 6.61 Å². The maximum absolute atomic E-state index is 12.7. The monoisotopic (exact) mass is 395 g/mol. The summed E-state index contributed by atoms with van der Waals surface area (Å²) in [5.41, 5.74) is -3.06. The van der Waals surface area contributed by atoms with Crippen molar-refractivity contribution in [2.24, 2.45) is 0 Å². The number of hydrogen-bond acceptors (Lipinski definition) is 3. The average Bonchev–Trinajstić information content (AvgIpc) is 2.26. The summed E-state index contributed by atoms with van der Waals surface area (Å²) in [6, 6.07) is 0. The first kappa shape index (κ1) is 16.1. The summed E-state index contributed by atoms with van der Waals surface area (Å²) in [6.07, 6.45) is -7.61. The van der Waals surface area contributed by atoms with Gasteiger partial charge in [-0.05, 0) is 29.5 Å². The van der Waals surface area contributed by atoms with Crippen LogP contribution in [0.4, 0.5) is 22.0 Å². The Bertz CT molecular complexity index is 490. The van der Waals surface area contributed by atoms with Crippen molar-refractivity contribution in [3.63, 3.8) is 0 Å². The Hall–Kier alpha value is -1.00. The van der Waals surface area contributed by atoms with E-state index in [1.54, 1.807) is 0 Å². The average molecular weight is 395 g/mol. The number of pyridine rings is 1. The van der Waals surface area contributed by atoms with Gasteiger partial charge in [0.25, 0.3) is 6.43 Å². The number of aromatic nitrogens is 1. The van der Waals surface area contributed by atoms with Crippen LogP contribution in [0.25, 0.3) is 0 Å². The summed E-state index contributed by atoms with van der Waals surface area (Å²) in [7, 11) is 0. The molecule has 0 saturated heterocycles. The van der Waals surface area contributed by atoms with Gasteiger partial charge in [0.15, 0.2) is 5.69 Å². The van der Waals surface area contributed by atoms with Gasteiger partial charge in [-0.3, -0.25) is 4.98 Å². The van der Waals surface area contributed by atoms with E-state index in [-0.39, 0.29) is 6.61 Å². The normalized spacial score (nSPS) is 11.8. The molecule has 0 atom stereocenters. The summed E-state index contributed by atoms with van der Waals surface area (Å²) >= 11 is 1.16. The van der Waals surface area contributed by atoms with Crippen LogP contribution in [0.5, 0.6) is 0 Å². The number of carbonyl (C=O) groups is 1. The van der Waals surface area contributed by atoms with Crippen molar-refractivity contribution in [3.05, 3.63) is 26.6 Å². The molecule has 0 fully saturated rings. The summed E-state index contributed by atoms with van der Waals surface area (Å²) < 4.78 is 67.0. The molecule has 1 aromatic heterocycles. The molecule has 0 aliphatic rings. The van der Waals surface area contributed by atoms with Crippen molar-refractivity contribution >= 4 is 28.6 Å². The van der Waals surface area contributed by atoms with Crippen molar-refractivity contribution in [1.82, 2.24) is 4.98 Å². The molecule has 19 heavy (non-hydrogen) atoms. The first-order valence-electron chi connectivity index (χ1n) is 4.91. The zero-order chi connectivity index (χ0) is 14.8. The van der Waals surface area contributed by atoms with Crippen LogP contribution < -0.4 is 0 Å². The zero-order valence-corrected chi connectivity index (χ0v) is 11.6. The van der Waals surface area contributed by atoms with Crippen LogP contribution in [0.2, 0.25) is 0 Å². The molecule has 106 valence electrons. The lowest BCUT2D eigenvalue weighted by Gasteiger charge is -2.14. The number of hydrogen-bond donors (Lipinski definition) is 0. The summed E-state index contributed by atoms with van der Waals surface area (Å²) in [6.45, 7) is 1.28. The first-order chi connectivity index (χ1) is 8.70. The number of ether oxygens (including phenoxy) is 1. The second-order valence-corrected chi connectivity index (χ2v) is 4.35. The van der Waals surface area contributed by atoms with Gasteiger partial charge < -0.3 is 4.74 Å². The van der Waals surface area contributed by atoms with Crippen LogP contribution in [-0.2, 0) is 10.9 Å². The molecule has 0 unspecified atom stereocenters. The minimum atomic E-state index is -4.83. The number of rotatable bonds is 3. The van der Waals surface area contributed by atoms with E-state index in [0.717, 1.165) is 22.6 Å². The molecule has 3 nitrogen and oxygen atoms in total. The van der Waals surface area contributed by atoms with E-state index >= 15 is 0 Å². The van der Waals surface area contributed by atoms with Crippen LogP contribution in [0.3, 0.4) is 0 Å². The molecule has 0 N–H and O–H groups in total. The topological polar surface area (TPSA) is 39.2 Å². The highest BCUT2D eigenvalue weighted by Crippen LogP contribution is 2.36. The van der Waals surface area contributed by atoms with E-state index in [9.17, 15) is 26.7 Å². The number of alkyl halides is 5. The van der Waals surface area contributed by atoms with E-state index in [1.807, 2.05) is 0 Å². The second-order valence-electron chi connectivity index (χ2n) is 3.27. The minimum Gasteiger partial charge on any atom is -0.462 e. The van der Waals surface area contributed by atoms with Gasteiger partial charge >= 0.3 is 12.1 Å². The molecule has 0 spiro atoms. The predicted octanol–water partition coefficient (Wildman–Crippen LogP) is 3.82. The predicted molar refractivity (Wildman–Crippen MR) is 62.9 cm³/mol. The van der Waals surface area contributed by atoms with Crippen molar-refractivity contribution in [3.8, 4) is 0 Å². The zero-order valence-electron chi connectivity index (χ0n) is 9.39. The van der Waals surface area contributed by atoms with Gasteiger partial charge in [0, 0.05) is 6.20 Å². The van der Waals surface area contributed by atoms with Gasteiger partial charge in [-0.2, -0.15) is 13.2 Å². The van der Waals surface area contributed by atoms with E-state index in [0.29, 0.717) is 6.20 Å². The lowest BCUT2D eigenvalue weighted by molar-refractivity contribution is -0.142. The molecule has 0 amide bonds. The van der Waals surface area contributed by atoms with Gasteiger partial charge in [-0.1, -0.05) is 0 Å². The molecule has 0 saturated carbocycles. The Morgan fingerprint density at radius 1 is 1.47 bits per heavy atom. The molecular formula is C10H7F5INO2. The largest absolute Gasteiger partial charge is 0.462 e. The Morgan fingerprint density at radius 3 is 2.47 bits per heavy atom. The molecular weight excluding hydrogens is 388 g/mol. The van der Waals surface area contributed by atoms with Crippen LogP contribution >= 0.6 is 22.6 Å². The van der Waals surface area contributed by atoms with Gasteiger partial charge in [0.05, 0.1) is 21.3 Å². The van der Waals surface area contributed by atoms with E-state index in [4.69, 9.17) is 0 Å². The summed E-state index contributed by atoms with van der Waals surface area (Å²) in [5, 5.41) is 0. The molecule has 0 bridgehead atoms. The Labute approximate surface area is 118 Å². The van der Waals surface area contributed by atoms with Gasteiger partial charge in [-0.25, -0.2) is 13.6 Å². The Morgan fingerprint density at radius 2 is 2.05 bits per heavy atom. The van der Waals surface area contributed by atoms with Crippen molar-refractivity contribution in [2.45, 2.75) is 19.5 Å². The first-order valence-corrected chi connectivity index (χ1v) is 5.98. The maximum atomic E-state index is 12.7. The Kier molecular flexibility index (Phi) is 5.04. The highest BCUT2D eigenvalue weighted by molar-refractivity contribution is 14.1. The third-order valence-corrected chi connectivity index (χ3v) is 3.08. The standard InChI is InChI=1S/C10H7F5INO2/c1-2-19-9(18)5-4(8(11)12)3-17-7(6(5)16)10(13,14)15/h3,8H,2H2,1H3. The van der Waals surface area contributed by atoms with Gasteiger partial charge in [0.1, 0.15) is 0 Å². The fraction of sp³-hybridized carbons (Fsp3) is 0.400. The van der Waals surface area contributed by atoms with Crippen molar-refractivity contribution in [1.29, 1.82) is 0 Å². The molecule has 1 heterocycles. The number of esters is 1. The molecule has 0 aliphatic heterocycles.